The van der Waals surface area contributed by atoms with Crippen molar-refractivity contribution in [3.05, 3.63) is 40.9 Å². The first-order valence-corrected chi connectivity index (χ1v) is 11.2. The SMILES string of the molecule is Cc1noc(-c2ccc(N3CCCC(C(=O)Nc4nc(C(C)(C)C)cs4)C3)c(F)c2)n1. The van der Waals surface area contributed by atoms with Gasteiger partial charge in [0.05, 0.1) is 17.3 Å². The summed E-state index contributed by atoms with van der Waals surface area (Å²) in [5, 5.41) is 9.28. The molecule has 1 N–H and O–H groups in total. The average molecular weight is 444 g/mol. The van der Waals surface area contributed by atoms with E-state index in [0.717, 1.165) is 18.5 Å². The van der Waals surface area contributed by atoms with Gasteiger partial charge in [0.25, 0.3) is 5.89 Å². The number of thiazole rings is 1. The number of hydrogen-bond acceptors (Lipinski definition) is 7. The van der Waals surface area contributed by atoms with Gasteiger partial charge in [-0.05, 0) is 38.0 Å². The fourth-order valence-corrected chi connectivity index (χ4v) is 4.54. The zero-order valence-electron chi connectivity index (χ0n) is 18.1. The van der Waals surface area contributed by atoms with E-state index in [0.29, 0.717) is 35.3 Å². The van der Waals surface area contributed by atoms with Crippen LogP contribution in [0.15, 0.2) is 28.1 Å². The summed E-state index contributed by atoms with van der Waals surface area (Å²) in [6, 6.07) is 4.87. The van der Waals surface area contributed by atoms with Crippen molar-refractivity contribution >= 4 is 28.1 Å². The van der Waals surface area contributed by atoms with Crippen LogP contribution < -0.4 is 10.2 Å². The normalized spacial score (nSPS) is 17.1. The van der Waals surface area contributed by atoms with Crippen LogP contribution in [0.4, 0.5) is 15.2 Å². The van der Waals surface area contributed by atoms with E-state index < -0.39 is 0 Å². The van der Waals surface area contributed by atoms with Crippen LogP contribution in [0.5, 0.6) is 0 Å². The fourth-order valence-electron chi connectivity index (χ4n) is 3.60. The van der Waals surface area contributed by atoms with Crippen LogP contribution in [0, 0.1) is 18.7 Å². The molecule has 1 aromatic carbocycles. The van der Waals surface area contributed by atoms with Crippen LogP contribution >= 0.6 is 11.3 Å². The van der Waals surface area contributed by atoms with E-state index in [1.54, 1.807) is 19.1 Å². The van der Waals surface area contributed by atoms with Gasteiger partial charge in [0.1, 0.15) is 5.82 Å². The smallest absolute Gasteiger partial charge is 0.258 e. The zero-order chi connectivity index (χ0) is 22.2. The van der Waals surface area contributed by atoms with Gasteiger partial charge >= 0.3 is 0 Å². The summed E-state index contributed by atoms with van der Waals surface area (Å²) in [6.45, 7) is 9.14. The molecule has 0 bridgehead atoms. The Hall–Kier alpha value is -2.81. The summed E-state index contributed by atoms with van der Waals surface area (Å²) in [5.41, 5.74) is 1.90. The molecule has 0 aliphatic carbocycles. The lowest BCUT2D eigenvalue weighted by Crippen LogP contribution is -2.41. The molecule has 3 aromatic rings. The van der Waals surface area contributed by atoms with Crippen LogP contribution in [0.2, 0.25) is 0 Å². The van der Waals surface area contributed by atoms with Gasteiger partial charge in [-0.3, -0.25) is 4.79 Å². The molecule has 1 saturated heterocycles. The molecule has 7 nitrogen and oxygen atoms in total. The molecule has 1 unspecified atom stereocenters. The number of rotatable bonds is 4. The number of carbonyl (C=O) groups is 1. The first-order valence-electron chi connectivity index (χ1n) is 10.3. The van der Waals surface area contributed by atoms with Crippen molar-refractivity contribution in [2.75, 3.05) is 23.3 Å². The van der Waals surface area contributed by atoms with Crippen LogP contribution in [0.3, 0.4) is 0 Å². The van der Waals surface area contributed by atoms with Crippen molar-refractivity contribution in [2.24, 2.45) is 5.92 Å². The lowest BCUT2D eigenvalue weighted by atomic mass is 9.93. The van der Waals surface area contributed by atoms with Gasteiger partial charge in [-0.15, -0.1) is 11.3 Å². The number of benzene rings is 1. The van der Waals surface area contributed by atoms with Crippen LogP contribution in [-0.2, 0) is 10.2 Å². The molecular formula is C22H26FN5O2S. The van der Waals surface area contributed by atoms with Crippen LogP contribution in [-0.4, -0.2) is 34.1 Å². The van der Waals surface area contributed by atoms with E-state index >= 15 is 0 Å². The van der Waals surface area contributed by atoms with Gasteiger partial charge in [-0.2, -0.15) is 4.98 Å². The van der Waals surface area contributed by atoms with E-state index in [2.05, 4.69) is 41.2 Å². The van der Waals surface area contributed by atoms with Crippen molar-refractivity contribution in [3.8, 4) is 11.5 Å². The fraction of sp³-hybridized carbons (Fsp3) is 0.455. The second-order valence-electron chi connectivity index (χ2n) is 8.88. The first kappa shape index (κ1) is 21.4. The Balaban J connectivity index is 1.44. The molecule has 0 radical (unpaired) electrons. The van der Waals surface area contributed by atoms with Gasteiger partial charge in [-0.25, -0.2) is 9.37 Å². The predicted octanol–water partition coefficient (Wildman–Crippen LogP) is 4.79. The Bertz CT molecular complexity index is 1090. The molecule has 1 aliphatic rings. The van der Waals surface area contributed by atoms with Crippen molar-refractivity contribution in [3.63, 3.8) is 0 Å². The van der Waals surface area contributed by atoms with E-state index in [1.807, 2.05) is 10.3 Å². The molecule has 3 heterocycles. The molecule has 9 heteroatoms. The van der Waals surface area contributed by atoms with E-state index in [9.17, 15) is 9.18 Å². The highest BCUT2D eigenvalue weighted by atomic mass is 32.1. The number of anilines is 2. The Labute approximate surface area is 184 Å². The number of halogens is 1. The quantitative estimate of drug-likeness (QED) is 0.624. The molecule has 1 aliphatic heterocycles. The molecule has 1 fully saturated rings. The van der Waals surface area contributed by atoms with Gasteiger partial charge in [0, 0.05) is 29.4 Å². The number of carbonyl (C=O) groups excluding carboxylic acids is 1. The number of aromatic nitrogens is 3. The third-order valence-corrected chi connectivity index (χ3v) is 6.12. The maximum Gasteiger partial charge on any atom is 0.258 e. The Morgan fingerprint density at radius 1 is 1.32 bits per heavy atom. The standard InChI is InChI=1S/C22H26FN5O2S/c1-13-24-20(30-27-13)14-7-8-17(16(23)10-14)28-9-5-6-15(11-28)19(29)26-21-25-18(12-31-21)22(2,3)4/h7-8,10,12,15H,5-6,9,11H2,1-4H3,(H,25,26,29). The Morgan fingerprint density at radius 3 is 2.77 bits per heavy atom. The number of piperidine rings is 1. The second kappa shape index (κ2) is 8.37. The maximum atomic E-state index is 14.9. The average Bonchev–Trinajstić information content (AvgIpc) is 3.37. The summed E-state index contributed by atoms with van der Waals surface area (Å²) in [4.78, 5) is 23.4. The summed E-state index contributed by atoms with van der Waals surface area (Å²) in [5.74, 6) is 0.117. The van der Waals surface area contributed by atoms with Gasteiger partial charge in [0.2, 0.25) is 5.91 Å². The molecule has 2 aromatic heterocycles. The molecule has 31 heavy (non-hydrogen) atoms. The van der Waals surface area contributed by atoms with E-state index in [1.165, 1.54) is 17.4 Å². The van der Waals surface area contributed by atoms with Crippen molar-refractivity contribution < 1.29 is 13.7 Å². The van der Waals surface area contributed by atoms with E-state index in [4.69, 9.17) is 4.52 Å². The van der Waals surface area contributed by atoms with Crippen molar-refractivity contribution in [1.82, 2.24) is 15.1 Å². The minimum Gasteiger partial charge on any atom is -0.368 e. The Morgan fingerprint density at radius 2 is 2.13 bits per heavy atom. The predicted molar refractivity (Wildman–Crippen MR) is 119 cm³/mol. The highest BCUT2D eigenvalue weighted by Gasteiger charge is 2.28. The molecule has 0 saturated carbocycles. The third kappa shape index (κ3) is 4.76. The van der Waals surface area contributed by atoms with Crippen molar-refractivity contribution in [1.29, 1.82) is 0 Å². The largest absolute Gasteiger partial charge is 0.368 e. The lowest BCUT2D eigenvalue weighted by Gasteiger charge is -2.33. The highest BCUT2D eigenvalue weighted by molar-refractivity contribution is 7.13. The molecule has 1 amide bonds. The number of amides is 1. The number of nitrogens with zero attached hydrogens (tertiary/aromatic N) is 4. The molecule has 1 atom stereocenters. The number of hydrogen-bond donors (Lipinski definition) is 1. The summed E-state index contributed by atoms with van der Waals surface area (Å²) >= 11 is 1.43. The molecule has 4 rings (SSSR count). The lowest BCUT2D eigenvalue weighted by molar-refractivity contribution is -0.120. The van der Waals surface area contributed by atoms with Crippen LogP contribution in [0.25, 0.3) is 11.5 Å². The third-order valence-electron chi connectivity index (χ3n) is 5.36. The van der Waals surface area contributed by atoms with E-state index in [-0.39, 0.29) is 28.9 Å². The zero-order valence-corrected chi connectivity index (χ0v) is 18.9. The van der Waals surface area contributed by atoms with Gasteiger partial charge in [0.15, 0.2) is 11.0 Å². The number of nitrogens with one attached hydrogen (secondary N) is 1. The summed E-state index contributed by atoms with van der Waals surface area (Å²) in [7, 11) is 0. The van der Waals surface area contributed by atoms with Crippen LogP contribution in [0.1, 0.15) is 45.1 Å². The summed E-state index contributed by atoms with van der Waals surface area (Å²) in [6.07, 6.45) is 1.58. The molecule has 0 spiro atoms. The topological polar surface area (TPSA) is 84.2 Å². The first-order chi connectivity index (χ1) is 14.7. The monoisotopic (exact) mass is 443 g/mol. The number of aryl methyl sites for hydroxylation is 1. The van der Waals surface area contributed by atoms with Gasteiger partial charge in [-0.1, -0.05) is 25.9 Å². The molecular weight excluding hydrogens is 417 g/mol. The Kier molecular flexibility index (Phi) is 5.79. The summed E-state index contributed by atoms with van der Waals surface area (Å²) < 4.78 is 20.0. The highest BCUT2D eigenvalue weighted by Crippen LogP contribution is 2.30. The second-order valence-corrected chi connectivity index (χ2v) is 9.73. The minimum absolute atomic E-state index is 0.0648. The van der Waals surface area contributed by atoms with Crippen molar-refractivity contribution in [2.45, 2.75) is 46.0 Å². The maximum absolute atomic E-state index is 14.9. The van der Waals surface area contributed by atoms with Gasteiger partial charge < -0.3 is 14.7 Å². The molecule has 164 valence electrons. The minimum atomic E-state index is -0.371.